The van der Waals surface area contributed by atoms with Crippen LogP contribution in [0.1, 0.15) is 24.7 Å². The number of aryl methyl sites for hydroxylation is 1. The maximum absolute atomic E-state index is 5.86. The Bertz CT molecular complexity index is 510. The van der Waals surface area contributed by atoms with Gasteiger partial charge < -0.3 is 10.3 Å². The van der Waals surface area contributed by atoms with E-state index in [-0.39, 0.29) is 6.04 Å². The van der Waals surface area contributed by atoms with Crippen LogP contribution in [0.5, 0.6) is 0 Å². The summed E-state index contributed by atoms with van der Waals surface area (Å²) in [4.78, 5) is 4.39. The Labute approximate surface area is 117 Å². The second-order valence-corrected chi connectivity index (χ2v) is 5.60. The predicted molar refractivity (Wildman–Crippen MR) is 78.9 cm³/mol. The average molecular weight is 277 g/mol. The second kappa shape index (κ2) is 6.73. The fourth-order valence-corrected chi connectivity index (χ4v) is 2.50. The van der Waals surface area contributed by atoms with E-state index in [9.17, 15) is 0 Å². The number of nitrogens with two attached hydrogens (primary N) is 1. The van der Waals surface area contributed by atoms with Crippen LogP contribution in [0.3, 0.4) is 0 Å². The molecule has 0 fully saturated rings. The Balaban J connectivity index is 1.93. The van der Waals surface area contributed by atoms with Gasteiger partial charge in [-0.05, 0) is 25.5 Å². The molecule has 0 spiro atoms. The summed E-state index contributed by atoms with van der Waals surface area (Å²) in [5, 5.41) is 3.99. The molecule has 102 valence electrons. The van der Waals surface area contributed by atoms with Gasteiger partial charge in [-0.2, -0.15) is 16.7 Å². The molecule has 5 heteroatoms. The van der Waals surface area contributed by atoms with Crippen molar-refractivity contribution >= 4 is 11.8 Å². The van der Waals surface area contributed by atoms with Gasteiger partial charge in [-0.3, -0.25) is 0 Å². The highest BCUT2D eigenvalue weighted by Gasteiger charge is 2.09. The van der Waals surface area contributed by atoms with Crippen molar-refractivity contribution in [1.29, 1.82) is 0 Å². The highest BCUT2D eigenvalue weighted by molar-refractivity contribution is 7.98. The molecule has 0 radical (unpaired) electrons. The Kier molecular flexibility index (Phi) is 4.99. The zero-order valence-electron chi connectivity index (χ0n) is 11.3. The van der Waals surface area contributed by atoms with Gasteiger partial charge in [-0.1, -0.05) is 29.8 Å². The summed E-state index contributed by atoms with van der Waals surface area (Å²) < 4.78 is 5.27. The summed E-state index contributed by atoms with van der Waals surface area (Å²) in [5.74, 6) is 2.97. The van der Waals surface area contributed by atoms with E-state index < -0.39 is 0 Å². The van der Waals surface area contributed by atoms with Crippen molar-refractivity contribution in [3.8, 4) is 11.5 Å². The quantitative estimate of drug-likeness (QED) is 0.879. The molecule has 1 unspecified atom stereocenters. The molecular formula is C14H19N3OS. The van der Waals surface area contributed by atoms with E-state index in [2.05, 4.69) is 24.0 Å². The molecule has 0 aliphatic heterocycles. The number of nitrogens with zero attached hydrogens (tertiary/aromatic N) is 2. The number of aromatic nitrogens is 2. The van der Waals surface area contributed by atoms with Crippen molar-refractivity contribution in [2.24, 2.45) is 5.73 Å². The van der Waals surface area contributed by atoms with Gasteiger partial charge in [0.1, 0.15) is 0 Å². The monoisotopic (exact) mass is 277 g/mol. The lowest BCUT2D eigenvalue weighted by molar-refractivity contribution is 0.425. The van der Waals surface area contributed by atoms with Gasteiger partial charge in [0.2, 0.25) is 0 Å². The van der Waals surface area contributed by atoms with Gasteiger partial charge in [0.25, 0.3) is 5.89 Å². The Morgan fingerprint density at radius 1 is 1.32 bits per heavy atom. The molecule has 1 aromatic heterocycles. The summed E-state index contributed by atoms with van der Waals surface area (Å²) in [6.07, 6.45) is 0.994. The topological polar surface area (TPSA) is 64.9 Å². The van der Waals surface area contributed by atoms with Gasteiger partial charge in [0.15, 0.2) is 5.82 Å². The summed E-state index contributed by atoms with van der Waals surface area (Å²) in [7, 11) is 0. The number of hydrogen-bond acceptors (Lipinski definition) is 5. The molecule has 2 rings (SSSR count). The van der Waals surface area contributed by atoms with Crippen molar-refractivity contribution in [2.45, 2.75) is 32.1 Å². The maximum atomic E-state index is 5.86. The molecular weight excluding hydrogens is 258 g/mol. The molecule has 1 atom stereocenters. The van der Waals surface area contributed by atoms with Crippen molar-refractivity contribution in [3.63, 3.8) is 0 Å². The van der Waals surface area contributed by atoms with Gasteiger partial charge in [-0.15, -0.1) is 0 Å². The van der Waals surface area contributed by atoms with Crippen LogP contribution in [0.2, 0.25) is 0 Å². The van der Waals surface area contributed by atoms with E-state index in [1.165, 1.54) is 5.56 Å². The molecule has 1 heterocycles. The van der Waals surface area contributed by atoms with Crippen LogP contribution >= 0.6 is 11.8 Å². The highest BCUT2D eigenvalue weighted by atomic mass is 32.2. The molecule has 1 aromatic carbocycles. The minimum absolute atomic E-state index is 0.244. The normalized spacial score (nSPS) is 12.6. The predicted octanol–water partition coefficient (Wildman–Crippen LogP) is 3.02. The second-order valence-electron chi connectivity index (χ2n) is 4.57. The van der Waals surface area contributed by atoms with Gasteiger partial charge in [0.05, 0.1) is 5.75 Å². The lowest BCUT2D eigenvalue weighted by atomic mass is 10.1. The molecule has 19 heavy (non-hydrogen) atoms. The highest BCUT2D eigenvalue weighted by Crippen LogP contribution is 2.19. The third-order valence-electron chi connectivity index (χ3n) is 2.85. The lowest BCUT2D eigenvalue weighted by Gasteiger charge is -2.05. The lowest BCUT2D eigenvalue weighted by Crippen LogP contribution is -2.21. The zero-order valence-corrected chi connectivity index (χ0v) is 12.1. The Morgan fingerprint density at radius 2 is 2.05 bits per heavy atom. The fraction of sp³-hybridized carbons (Fsp3) is 0.429. The van der Waals surface area contributed by atoms with Crippen LogP contribution in [-0.2, 0) is 5.75 Å². The van der Waals surface area contributed by atoms with Gasteiger partial charge in [0, 0.05) is 17.4 Å². The first-order chi connectivity index (χ1) is 9.19. The average Bonchev–Trinajstić information content (AvgIpc) is 2.88. The van der Waals surface area contributed by atoms with Crippen molar-refractivity contribution in [2.75, 3.05) is 5.75 Å². The molecule has 0 aliphatic carbocycles. The Morgan fingerprint density at radius 3 is 2.74 bits per heavy atom. The van der Waals surface area contributed by atoms with Crippen molar-refractivity contribution in [3.05, 3.63) is 35.7 Å². The number of rotatable bonds is 6. The SMILES string of the molecule is CCC(N)CSCc1noc(-c2ccc(C)cc2)n1. The summed E-state index contributed by atoms with van der Waals surface area (Å²) in [6.45, 7) is 4.14. The van der Waals surface area contributed by atoms with Crippen molar-refractivity contribution in [1.82, 2.24) is 10.1 Å². The van der Waals surface area contributed by atoms with Crippen LogP contribution in [0.4, 0.5) is 0 Å². The molecule has 0 saturated heterocycles. The molecule has 0 aliphatic rings. The first-order valence-electron chi connectivity index (χ1n) is 6.42. The van der Waals surface area contributed by atoms with Crippen molar-refractivity contribution < 1.29 is 4.52 Å². The van der Waals surface area contributed by atoms with E-state index >= 15 is 0 Å². The maximum Gasteiger partial charge on any atom is 0.257 e. The van der Waals surface area contributed by atoms with Crippen LogP contribution in [0.15, 0.2) is 28.8 Å². The van der Waals surface area contributed by atoms with Gasteiger partial charge >= 0.3 is 0 Å². The van der Waals surface area contributed by atoms with Gasteiger partial charge in [-0.25, -0.2) is 0 Å². The van der Waals surface area contributed by atoms with E-state index in [1.807, 2.05) is 24.3 Å². The van der Waals surface area contributed by atoms with Crippen LogP contribution in [0.25, 0.3) is 11.5 Å². The summed E-state index contributed by atoms with van der Waals surface area (Å²) in [6, 6.07) is 8.30. The summed E-state index contributed by atoms with van der Waals surface area (Å²) >= 11 is 1.74. The van der Waals surface area contributed by atoms with Crippen LogP contribution in [-0.4, -0.2) is 21.9 Å². The summed E-state index contributed by atoms with van der Waals surface area (Å²) in [5.41, 5.74) is 8.04. The Hall–Kier alpha value is -1.33. The van der Waals surface area contributed by atoms with E-state index in [0.717, 1.165) is 29.3 Å². The molecule has 2 N–H and O–H groups in total. The molecule has 4 nitrogen and oxygen atoms in total. The first kappa shape index (κ1) is 14.1. The van der Waals surface area contributed by atoms with E-state index in [0.29, 0.717) is 5.89 Å². The molecule has 0 amide bonds. The smallest absolute Gasteiger partial charge is 0.257 e. The van der Waals surface area contributed by atoms with Crippen LogP contribution in [0, 0.1) is 6.92 Å². The standard InChI is InChI=1S/C14H19N3OS/c1-3-12(15)8-19-9-13-16-14(18-17-13)11-6-4-10(2)5-7-11/h4-7,12H,3,8-9,15H2,1-2H3. The van der Waals surface area contributed by atoms with Crippen LogP contribution < -0.4 is 5.73 Å². The zero-order chi connectivity index (χ0) is 13.7. The fourth-order valence-electron chi connectivity index (χ4n) is 1.55. The minimum atomic E-state index is 0.244. The molecule has 2 aromatic rings. The number of thioether (sulfide) groups is 1. The van der Waals surface area contributed by atoms with E-state index in [1.54, 1.807) is 11.8 Å². The third kappa shape index (κ3) is 4.08. The number of hydrogen-bond donors (Lipinski definition) is 1. The number of benzene rings is 1. The molecule has 0 bridgehead atoms. The minimum Gasteiger partial charge on any atom is -0.334 e. The third-order valence-corrected chi connectivity index (χ3v) is 3.98. The first-order valence-corrected chi connectivity index (χ1v) is 7.57. The van der Waals surface area contributed by atoms with E-state index in [4.69, 9.17) is 10.3 Å². The molecule has 0 saturated carbocycles. The largest absolute Gasteiger partial charge is 0.334 e.